The van der Waals surface area contributed by atoms with Crippen molar-refractivity contribution in [2.24, 2.45) is 0 Å². The smallest absolute Gasteiger partial charge is 0.144 e. The van der Waals surface area contributed by atoms with E-state index in [-0.39, 0.29) is 12.1 Å². The lowest BCUT2D eigenvalue weighted by atomic mass is 10.1. The summed E-state index contributed by atoms with van der Waals surface area (Å²) in [6, 6.07) is 4.03. The number of nitrogen functional groups attached to an aromatic ring is 1. The average molecular weight is 316 g/mol. The molecule has 1 unspecified atom stereocenters. The number of nitrogens with two attached hydrogens (primary N) is 1. The zero-order chi connectivity index (χ0) is 15.6. The Morgan fingerprint density at radius 2 is 2.00 bits per heavy atom. The Morgan fingerprint density at radius 1 is 1.13 bits per heavy atom. The molecule has 2 aliphatic rings. The number of hydrogen-bond acceptors (Lipinski definition) is 7. The van der Waals surface area contributed by atoms with Crippen molar-refractivity contribution in [3.8, 4) is 5.75 Å². The molecule has 0 radical (unpaired) electrons. The first-order chi connectivity index (χ1) is 11.3. The van der Waals surface area contributed by atoms with Crippen molar-refractivity contribution in [2.75, 3.05) is 37.5 Å². The van der Waals surface area contributed by atoms with Crippen molar-refractivity contribution in [1.29, 1.82) is 0 Å². The molecule has 7 nitrogen and oxygen atoms in total. The summed E-state index contributed by atoms with van der Waals surface area (Å²) >= 11 is 0. The number of hydrogen-bond donors (Lipinski definition) is 2. The highest BCUT2D eigenvalue weighted by molar-refractivity contribution is 5.93. The Balaban J connectivity index is 1.63. The Kier molecular flexibility index (Phi) is 3.88. The van der Waals surface area contributed by atoms with Crippen molar-refractivity contribution in [1.82, 2.24) is 9.97 Å². The van der Waals surface area contributed by atoms with Crippen molar-refractivity contribution in [3.63, 3.8) is 0 Å². The molecular weight excluding hydrogens is 296 g/mol. The summed E-state index contributed by atoms with van der Waals surface area (Å²) in [5.41, 5.74) is 7.57. The summed E-state index contributed by atoms with van der Waals surface area (Å²) in [6.45, 7) is 2.82. The predicted molar refractivity (Wildman–Crippen MR) is 86.6 cm³/mol. The van der Waals surface area contributed by atoms with Crippen LogP contribution in [0.25, 0.3) is 10.9 Å². The van der Waals surface area contributed by atoms with Gasteiger partial charge in [-0.1, -0.05) is 0 Å². The summed E-state index contributed by atoms with van der Waals surface area (Å²) in [7, 11) is 0. The number of benzene rings is 1. The second-order valence-corrected chi connectivity index (χ2v) is 5.94. The molecule has 1 aromatic carbocycles. The fraction of sp³-hybridized carbons (Fsp3) is 0.500. The van der Waals surface area contributed by atoms with Crippen LogP contribution in [-0.4, -0.2) is 48.5 Å². The van der Waals surface area contributed by atoms with E-state index in [1.165, 1.54) is 0 Å². The molecular formula is C16H20N4O3. The van der Waals surface area contributed by atoms with Crippen LogP contribution in [0, 0.1) is 0 Å². The number of aromatic nitrogens is 2. The van der Waals surface area contributed by atoms with Gasteiger partial charge >= 0.3 is 0 Å². The lowest BCUT2D eigenvalue weighted by molar-refractivity contribution is 0.142. The molecule has 2 aliphatic heterocycles. The molecule has 0 spiro atoms. The zero-order valence-electron chi connectivity index (χ0n) is 12.8. The number of ether oxygens (including phenoxy) is 3. The van der Waals surface area contributed by atoms with Gasteiger partial charge < -0.3 is 25.3 Å². The van der Waals surface area contributed by atoms with Crippen molar-refractivity contribution < 1.29 is 14.2 Å². The molecule has 122 valence electrons. The quantitative estimate of drug-likeness (QED) is 0.827. The average Bonchev–Trinajstić information content (AvgIpc) is 3.22. The van der Waals surface area contributed by atoms with Crippen LogP contribution in [0.2, 0.25) is 0 Å². The zero-order valence-corrected chi connectivity index (χ0v) is 12.8. The molecule has 3 heterocycles. The van der Waals surface area contributed by atoms with Crippen LogP contribution in [0.5, 0.6) is 5.75 Å². The standard InChI is InChI=1S/C16H20N4O3/c17-13-5-12-14(6-15(13)23-11-2-4-22-8-11)18-9-19-16(12)20-10-1-3-21-7-10/h5-6,9-11H,1-4,7-8,17H2,(H,18,19,20)/t10?,11-/m0/s1. The number of anilines is 2. The number of rotatable bonds is 4. The maximum Gasteiger partial charge on any atom is 0.144 e. The van der Waals surface area contributed by atoms with E-state index in [0.717, 1.165) is 42.8 Å². The van der Waals surface area contributed by atoms with Gasteiger partial charge in [-0.15, -0.1) is 0 Å². The van der Waals surface area contributed by atoms with Gasteiger partial charge in [0.05, 0.1) is 37.1 Å². The first-order valence-electron chi connectivity index (χ1n) is 7.92. The van der Waals surface area contributed by atoms with Crippen molar-refractivity contribution in [2.45, 2.75) is 25.0 Å². The lowest BCUT2D eigenvalue weighted by Crippen LogP contribution is -2.20. The van der Waals surface area contributed by atoms with Crippen LogP contribution in [-0.2, 0) is 9.47 Å². The van der Waals surface area contributed by atoms with Crippen LogP contribution in [0.15, 0.2) is 18.5 Å². The Hall–Kier alpha value is -2.12. The summed E-state index contributed by atoms with van der Waals surface area (Å²) in [5.74, 6) is 1.44. The normalized spacial score (nSPS) is 24.2. The van der Waals surface area contributed by atoms with E-state index in [2.05, 4.69) is 15.3 Å². The summed E-state index contributed by atoms with van der Waals surface area (Å²) in [6.07, 6.45) is 3.48. The number of fused-ring (bicyclic) bond motifs is 1. The highest BCUT2D eigenvalue weighted by atomic mass is 16.5. The van der Waals surface area contributed by atoms with Gasteiger partial charge in [0, 0.05) is 24.5 Å². The van der Waals surface area contributed by atoms with Gasteiger partial charge in [0.15, 0.2) is 0 Å². The third-order valence-corrected chi connectivity index (χ3v) is 4.22. The van der Waals surface area contributed by atoms with Crippen LogP contribution in [0.4, 0.5) is 11.5 Å². The number of nitrogens with one attached hydrogen (secondary N) is 1. The fourth-order valence-corrected chi connectivity index (χ4v) is 2.94. The van der Waals surface area contributed by atoms with Crippen molar-refractivity contribution >= 4 is 22.4 Å². The topological polar surface area (TPSA) is 91.5 Å². The van der Waals surface area contributed by atoms with E-state index in [1.54, 1.807) is 6.33 Å². The minimum atomic E-state index is 0.0600. The maximum absolute atomic E-state index is 6.17. The molecule has 23 heavy (non-hydrogen) atoms. The van der Waals surface area contributed by atoms with Crippen LogP contribution < -0.4 is 15.8 Å². The van der Waals surface area contributed by atoms with Gasteiger partial charge in [0.2, 0.25) is 0 Å². The Morgan fingerprint density at radius 3 is 2.78 bits per heavy atom. The molecule has 2 aromatic rings. The highest BCUT2D eigenvalue weighted by Gasteiger charge is 2.20. The van der Waals surface area contributed by atoms with Gasteiger partial charge in [-0.05, 0) is 12.5 Å². The van der Waals surface area contributed by atoms with Gasteiger partial charge in [0.1, 0.15) is 24.0 Å². The van der Waals surface area contributed by atoms with Gasteiger partial charge in [-0.2, -0.15) is 0 Å². The second-order valence-electron chi connectivity index (χ2n) is 5.94. The summed E-state index contributed by atoms with van der Waals surface area (Å²) < 4.78 is 16.7. The maximum atomic E-state index is 6.17. The fourth-order valence-electron chi connectivity index (χ4n) is 2.94. The van der Waals surface area contributed by atoms with E-state index < -0.39 is 0 Å². The van der Waals surface area contributed by atoms with E-state index in [9.17, 15) is 0 Å². The minimum Gasteiger partial charge on any atom is -0.486 e. The van der Waals surface area contributed by atoms with Gasteiger partial charge in [0.25, 0.3) is 0 Å². The number of nitrogens with zero attached hydrogens (tertiary/aromatic N) is 2. The molecule has 3 N–H and O–H groups in total. The first-order valence-corrected chi connectivity index (χ1v) is 7.92. The first kappa shape index (κ1) is 14.5. The van der Waals surface area contributed by atoms with E-state index >= 15 is 0 Å². The predicted octanol–water partition coefficient (Wildman–Crippen LogP) is 1.58. The SMILES string of the molecule is Nc1cc2c(NC3CCOC3)ncnc2cc1O[C@H]1CCOC1. The van der Waals surface area contributed by atoms with Crippen LogP contribution >= 0.6 is 0 Å². The second kappa shape index (κ2) is 6.17. The minimum absolute atomic E-state index is 0.0600. The monoisotopic (exact) mass is 316 g/mol. The van der Waals surface area contributed by atoms with E-state index in [0.29, 0.717) is 24.7 Å². The Labute approximate surface area is 134 Å². The third kappa shape index (κ3) is 3.02. The molecule has 1 aromatic heterocycles. The molecule has 0 aliphatic carbocycles. The molecule has 2 atom stereocenters. The van der Waals surface area contributed by atoms with Crippen LogP contribution in [0.1, 0.15) is 12.8 Å². The van der Waals surface area contributed by atoms with E-state index in [4.69, 9.17) is 19.9 Å². The van der Waals surface area contributed by atoms with Gasteiger partial charge in [-0.25, -0.2) is 9.97 Å². The van der Waals surface area contributed by atoms with Crippen molar-refractivity contribution in [3.05, 3.63) is 18.5 Å². The molecule has 0 amide bonds. The molecule has 2 saturated heterocycles. The lowest BCUT2D eigenvalue weighted by Gasteiger charge is -2.16. The molecule has 0 bridgehead atoms. The van der Waals surface area contributed by atoms with Gasteiger partial charge in [-0.3, -0.25) is 0 Å². The van der Waals surface area contributed by atoms with E-state index in [1.807, 2.05) is 12.1 Å². The molecule has 2 fully saturated rings. The third-order valence-electron chi connectivity index (χ3n) is 4.22. The van der Waals surface area contributed by atoms with Crippen LogP contribution in [0.3, 0.4) is 0 Å². The molecule has 4 rings (SSSR count). The largest absolute Gasteiger partial charge is 0.486 e. The highest BCUT2D eigenvalue weighted by Crippen LogP contribution is 2.32. The summed E-state index contributed by atoms with van der Waals surface area (Å²) in [4.78, 5) is 8.69. The molecule has 0 saturated carbocycles. The summed E-state index contributed by atoms with van der Waals surface area (Å²) in [5, 5.41) is 4.31. The Bertz CT molecular complexity index is 697. The molecule has 7 heteroatoms.